The Morgan fingerprint density at radius 3 is 1.27 bits per heavy atom. The van der Waals surface area contributed by atoms with Crippen molar-refractivity contribution in [3.8, 4) is 0 Å². The van der Waals surface area contributed by atoms with Crippen molar-refractivity contribution in [1.82, 2.24) is 5.32 Å². The molecule has 0 saturated heterocycles. The molecule has 0 spiro atoms. The first kappa shape index (κ1) is 32.1. The molecule has 1 amide bonds. The molecular weight excluding hydrogens is 510 g/mol. The topological polar surface area (TPSA) is 140 Å². The second kappa shape index (κ2) is 27.3. The summed E-state index contributed by atoms with van der Waals surface area (Å²) in [7, 11) is 0. The van der Waals surface area contributed by atoms with E-state index < -0.39 is 18.5 Å². The van der Waals surface area contributed by atoms with Crippen LogP contribution in [0, 0.1) is 0 Å². The SMILES string of the molecule is O=C(O)COCC(=O)NCCOCCOCCOCCOCCOCCOCCOCCBr. The third-order valence-electron chi connectivity index (χ3n) is 3.48. The molecule has 0 aromatic rings. The monoisotopic (exact) mass is 547 g/mol. The minimum atomic E-state index is -1.12. The number of amides is 1. The third kappa shape index (κ3) is 29.1. The van der Waals surface area contributed by atoms with Gasteiger partial charge in [0.25, 0.3) is 0 Å². The van der Waals surface area contributed by atoms with Crippen molar-refractivity contribution in [3.63, 3.8) is 0 Å². The van der Waals surface area contributed by atoms with Crippen LogP contribution in [0.5, 0.6) is 0 Å². The zero-order valence-corrected chi connectivity index (χ0v) is 20.7. The van der Waals surface area contributed by atoms with Gasteiger partial charge in [0.15, 0.2) is 0 Å². The van der Waals surface area contributed by atoms with E-state index in [2.05, 4.69) is 26.0 Å². The number of rotatable bonds is 27. The molecule has 0 aliphatic carbocycles. The number of hydrogen-bond donors (Lipinski definition) is 2. The lowest BCUT2D eigenvalue weighted by atomic mass is 10.6. The summed E-state index contributed by atoms with van der Waals surface area (Å²) in [5, 5.41) is 11.8. The van der Waals surface area contributed by atoms with Gasteiger partial charge < -0.3 is 48.3 Å². The number of nitrogens with one attached hydrogen (secondary N) is 1. The summed E-state index contributed by atoms with van der Waals surface area (Å²) in [5.41, 5.74) is 0. The molecule has 2 N–H and O–H groups in total. The lowest BCUT2D eigenvalue weighted by molar-refractivity contribution is -0.143. The van der Waals surface area contributed by atoms with Crippen molar-refractivity contribution in [2.24, 2.45) is 0 Å². The fourth-order valence-corrected chi connectivity index (χ4v) is 2.25. The maximum absolute atomic E-state index is 11.3. The van der Waals surface area contributed by atoms with Crippen LogP contribution in [0.4, 0.5) is 0 Å². The Kier molecular flexibility index (Phi) is 26.6. The molecule has 0 atom stereocenters. The number of halogens is 1. The number of ether oxygens (including phenoxy) is 8. The van der Waals surface area contributed by atoms with E-state index in [1.165, 1.54) is 0 Å². The zero-order chi connectivity index (χ0) is 24.2. The van der Waals surface area contributed by atoms with E-state index in [1.807, 2.05) is 0 Å². The minimum Gasteiger partial charge on any atom is -0.480 e. The molecule has 0 aromatic heterocycles. The standard InChI is InChI=1S/C20H38BrNO11/c21-1-3-26-5-7-28-9-11-30-13-15-32-16-14-31-12-10-29-8-6-27-4-2-22-19(23)17-33-18-20(24)25/h1-18H2,(H,22,23)(H,24,25). The Balaban J connectivity index is 3.09. The Bertz CT molecular complexity index is 446. The van der Waals surface area contributed by atoms with Crippen molar-refractivity contribution in [3.05, 3.63) is 0 Å². The van der Waals surface area contributed by atoms with Gasteiger partial charge in [-0.05, 0) is 0 Å². The maximum Gasteiger partial charge on any atom is 0.329 e. The average molecular weight is 548 g/mol. The van der Waals surface area contributed by atoms with Gasteiger partial charge in [0.2, 0.25) is 5.91 Å². The van der Waals surface area contributed by atoms with Crippen LogP contribution in [0.2, 0.25) is 0 Å². The molecule has 13 heteroatoms. The van der Waals surface area contributed by atoms with Crippen LogP contribution in [0.3, 0.4) is 0 Å². The van der Waals surface area contributed by atoms with Crippen LogP contribution >= 0.6 is 15.9 Å². The van der Waals surface area contributed by atoms with Gasteiger partial charge in [-0.25, -0.2) is 4.79 Å². The largest absolute Gasteiger partial charge is 0.480 e. The van der Waals surface area contributed by atoms with Crippen molar-refractivity contribution >= 4 is 27.8 Å². The van der Waals surface area contributed by atoms with E-state index in [0.29, 0.717) is 99.0 Å². The quantitative estimate of drug-likeness (QED) is 0.103. The average Bonchev–Trinajstić information content (AvgIpc) is 2.79. The number of carboxylic acids is 1. The summed E-state index contributed by atoms with van der Waals surface area (Å²) >= 11 is 3.28. The predicted molar refractivity (Wildman–Crippen MR) is 121 cm³/mol. The van der Waals surface area contributed by atoms with Crippen LogP contribution in [0.1, 0.15) is 0 Å². The number of alkyl halides is 1. The van der Waals surface area contributed by atoms with Gasteiger partial charge in [0.05, 0.1) is 92.5 Å². The number of aliphatic carboxylic acids is 1. The van der Waals surface area contributed by atoms with Crippen LogP contribution < -0.4 is 5.32 Å². The lowest BCUT2D eigenvalue weighted by Gasteiger charge is -2.08. The Hall–Kier alpha value is -0.900. The van der Waals surface area contributed by atoms with Gasteiger partial charge in [-0.15, -0.1) is 0 Å². The normalized spacial score (nSPS) is 11.1. The van der Waals surface area contributed by atoms with E-state index >= 15 is 0 Å². The second-order valence-electron chi connectivity index (χ2n) is 6.21. The summed E-state index contributed by atoms with van der Waals surface area (Å²) in [5.74, 6) is -1.51. The van der Waals surface area contributed by atoms with Gasteiger partial charge >= 0.3 is 5.97 Å². The smallest absolute Gasteiger partial charge is 0.329 e. The van der Waals surface area contributed by atoms with Gasteiger partial charge in [-0.3, -0.25) is 4.79 Å². The fraction of sp³-hybridized carbons (Fsp3) is 0.900. The first-order valence-corrected chi connectivity index (χ1v) is 12.0. The van der Waals surface area contributed by atoms with Crippen LogP contribution in [0.15, 0.2) is 0 Å². The zero-order valence-electron chi connectivity index (χ0n) is 19.1. The van der Waals surface area contributed by atoms with Crippen LogP contribution in [-0.2, 0) is 47.5 Å². The van der Waals surface area contributed by atoms with E-state index in [4.69, 9.17) is 38.3 Å². The molecule has 0 aliphatic heterocycles. The maximum atomic E-state index is 11.3. The molecule has 0 saturated carbocycles. The molecule has 0 bridgehead atoms. The molecule has 0 aromatic carbocycles. The Morgan fingerprint density at radius 2 is 0.909 bits per heavy atom. The highest BCUT2D eigenvalue weighted by Crippen LogP contribution is 1.86. The molecule has 196 valence electrons. The molecular formula is C20H38BrNO11. The van der Waals surface area contributed by atoms with E-state index in [-0.39, 0.29) is 6.61 Å². The van der Waals surface area contributed by atoms with Crippen molar-refractivity contribution in [2.45, 2.75) is 0 Å². The second-order valence-corrected chi connectivity index (χ2v) is 7.01. The van der Waals surface area contributed by atoms with Crippen molar-refractivity contribution in [2.75, 3.05) is 118 Å². The molecule has 0 heterocycles. The Labute approximate surface area is 203 Å². The highest BCUT2D eigenvalue weighted by Gasteiger charge is 2.03. The van der Waals surface area contributed by atoms with Gasteiger partial charge in [-0.2, -0.15) is 0 Å². The lowest BCUT2D eigenvalue weighted by Crippen LogP contribution is -2.31. The summed E-state index contributed by atoms with van der Waals surface area (Å²) in [6.07, 6.45) is 0. The predicted octanol–water partition coefficient (Wildman–Crippen LogP) is -0.285. The molecule has 0 aliphatic rings. The van der Waals surface area contributed by atoms with E-state index in [1.54, 1.807) is 0 Å². The number of hydrogen-bond acceptors (Lipinski definition) is 10. The van der Waals surface area contributed by atoms with Gasteiger partial charge in [0, 0.05) is 11.9 Å². The van der Waals surface area contributed by atoms with Crippen LogP contribution in [-0.4, -0.2) is 135 Å². The molecule has 12 nitrogen and oxygen atoms in total. The van der Waals surface area contributed by atoms with Crippen molar-refractivity contribution < 1.29 is 52.6 Å². The molecule has 0 fully saturated rings. The fourth-order valence-electron chi connectivity index (χ4n) is 2.02. The number of carboxylic acid groups (broad SMARTS) is 1. The summed E-state index contributed by atoms with van der Waals surface area (Å²) in [6.45, 7) is 6.44. The Morgan fingerprint density at radius 1 is 0.545 bits per heavy atom. The summed E-state index contributed by atoms with van der Waals surface area (Å²) in [6, 6.07) is 0. The molecule has 33 heavy (non-hydrogen) atoms. The van der Waals surface area contributed by atoms with Crippen molar-refractivity contribution in [1.29, 1.82) is 0 Å². The van der Waals surface area contributed by atoms with Gasteiger partial charge in [-0.1, -0.05) is 15.9 Å². The number of carbonyl (C=O) groups excluding carboxylic acids is 1. The minimum absolute atomic E-state index is 0.293. The van der Waals surface area contributed by atoms with E-state index in [9.17, 15) is 9.59 Å². The summed E-state index contributed by atoms with van der Waals surface area (Å²) < 4.78 is 42.1. The first-order valence-electron chi connectivity index (χ1n) is 10.8. The highest BCUT2D eigenvalue weighted by molar-refractivity contribution is 9.09. The first-order chi connectivity index (χ1) is 16.2. The third-order valence-corrected chi connectivity index (χ3v) is 3.80. The van der Waals surface area contributed by atoms with Gasteiger partial charge in [0.1, 0.15) is 13.2 Å². The van der Waals surface area contributed by atoms with Crippen LogP contribution in [0.25, 0.3) is 0 Å². The molecule has 0 unspecified atom stereocenters. The number of carbonyl (C=O) groups is 2. The van der Waals surface area contributed by atoms with E-state index in [0.717, 1.165) is 5.33 Å². The molecule has 0 radical (unpaired) electrons. The summed E-state index contributed by atoms with van der Waals surface area (Å²) in [4.78, 5) is 21.5. The highest BCUT2D eigenvalue weighted by atomic mass is 79.9. The molecule has 0 rings (SSSR count).